The summed E-state index contributed by atoms with van der Waals surface area (Å²) in [6.45, 7) is 6.56. The third kappa shape index (κ3) is 5.45. The fraction of sp³-hybridized carbons (Fsp3) is 0.625. The van der Waals surface area contributed by atoms with Crippen LogP contribution in [0.2, 0.25) is 0 Å². The zero-order valence-corrected chi connectivity index (χ0v) is 21.6. The van der Waals surface area contributed by atoms with Crippen LogP contribution in [0.3, 0.4) is 0 Å². The molecule has 2 aliphatic rings. The van der Waals surface area contributed by atoms with Crippen molar-refractivity contribution in [1.29, 1.82) is 0 Å². The molecule has 1 aliphatic heterocycles. The Morgan fingerprint density at radius 3 is 2.33 bits per heavy atom. The zero-order valence-electron chi connectivity index (χ0n) is 20.0. The molecule has 0 spiro atoms. The minimum atomic E-state index is -3.04. The second-order valence-electron chi connectivity index (χ2n) is 10.3. The van der Waals surface area contributed by atoms with Gasteiger partial charge >= 0.3 is 0 Å². The third-order valence-corrected chi connectivity index (χ3v) is 9.53. The van der Waals surface area contributed by atoms with E-state index < -0.39 is 9.84 Å². The SMILES string of the molecule is Cn1c(SCC(=O)N(C2CCCC2)C2CCS(=O)(=O)C2)nnc1-c1ccc(C(C)(C)C)cc1. The molecule has 2 heterocycles. The standard InChI is InChI=1S/C24H34N4O3S2/c1-24(2,3)18-11-9-17(10-12-18)22-25-26-23(27(22)4)32-15-21(29)28(19-7-5-6-8-19)20-13-14-33(30,31)16-20/h9-12,19-20H,5-8,13-16H2,1-4H3. The number of benzene rings is 1. The Morgan fingerprint density at radius 1 is 1.09 bits per heavy atom. The number of carbonyl (C=O) groups excluding carboxylic acids is 1. The van der Waals surface area contributed by atoms with E-state index >= 15 is 0 Å². The molecule has 1 saturated heterocycles. The molecule has 1 unspecified atom stereocenters. The quantitative estimate of drug-likeness (QED) is 0.572. The van der Waals surface area contributed by atoms with E-state index in [1.807, 2.05) is 16.5 Å². The molecule has 1 atom stereocenters. The van der Waals surface area contributed by atoms with Gasteiger partial charge in [-0.15, -0.1) is 10.2 Å². The highest BCUT2D eigenvalue weighted by Gasteiger charge is 2.39. The molecule has 2 fully saturated rings. The maximum absolute atomic E-state index is 13.3. The molecule has 1 aromatic carbocycles. The lowest BCUT2D eigenvalue weighted by molar-refractivity contribution is -0.132. The van der Waals surface area contributed by atoms with Crippen molar-refractivity contribution in [3.8, 4) is 11.4 Å². The second kappa shape index (κ2) is 9.41. The van der Waals surface area contributed by atoms with Gasteiger partial charge in [-0.2, -0.15) is 0 Å². The van der Waals surface area contributed by atoms with Crippen LogP contribution in [0.15, 0.2) is 29.4 Å². The maximum atomic E-state index is 13.3. The van der Waals surface area contributed by atoms with E-state index in [1.165, 1.54) is 17.3 Å². The summed E-state index contributed by atoms with van der Waals surface area (Å²) in [5.74, 6) is 1.29. The van der Waals surface area contributed by atoms with E-state index in [4.69, 9.17) is 0 Å². The van der Waals surface area contributed by atoms with E-state index in [0.717, 1.165) is 37.1 Å². The average molecular weight is 491 g/mol. The van der Waals surface area contributed by atoms with Crippen molar-refractivity contribution in [2.75, 3.05) is 17.3 Å². The summed E-state index contributed by atoms with van der Waals surface area (Å²) in [6.07, 6.45) is 4.68. The molecular formula is C24H34N4O3S2. The fourth-order valence-electron chi connectivity index (χ4n) is 4.89. The van der Waals surface area contributed by atoms with Crippen molar-refractivity contribution in [3.63, 3.8) is 0 Å². The normalized spacial score (nSPS) is 20.9. The first-order valence-electron chi connectivity index (χ1n) is 11.7. The van der Waals surface area contributed by atoms with Gasteiger partial charge in [0.15, 0.2) is 20.8 Å². The molecule has 0 bridgehead atoms. The van der Waals surface area contributed by atoms with Crippen LogP contribution in [0.5, 0.6) is 0 Å². The summed E-state index contributed by atoms with van der Waals surface area (Å²) < 4.78 is 26.0. The van der Waals surface area contributed by atoms with Gasteiger partial charge in [-0.25, -0.2) is 8.42 Å². The Kier molecular flexibility index (Phi) is 6.92. The van der Waals surface area contributed by atoms with Crippen molar-refractivity contribution in [1.82, 2.24) is 19.7 Å². The van der Waals surface area contributed by atoms with Gasteiger partial charge in [-0.05, 0) is 30.2 Å². The van der Waals surface area contributed by atoms with Gasteiger partial charge in [0.2, 0.25) is 5.91 Å². The second-order valence-corrected chi connectivity index (χ2v) is 13.4. The zero-order chi connectivity index (χ0) is 23.8. The van der Waals surface area contributed by atoms with Crippen LogP contribution in [0.4, 0.5) is 0 Å². The molecule has 1 amide bonds. The molecule has 180 valence electrons. The minimum Gasteiger partial charge on any atom is -0.335 e. The van der Waals surface area contributed by atoms with Gasteiger partial charge in [-0.3, -0.25) is 4.79 Å². The largest absolute Gasteiger partial charge is 0.335 e. The van der Waals surface area contributed by atoms with Crippen molar-refractivity contribution in [3.05, 3.63) is 29.8 Å². The molecular weight excluding hydrogens is 456 g/mol. The first-order valence-corrected chi connectivity index (χ1v) is 14.5. The number of carbonyl (C=O) groups is 1. The number of rotatable bonds is 6. The highest BCUT2D eigenvalue weighted by atomic mass is 32.2. The van der Waals surface area contributed by atoms with Gasteiger partial charge < -0.3 is 9.47 Å². The van der Waals surface area contributed by atoms with E-state index in [2.05, 4.69) is 55.2 Å². The summed E-state index contributed by atoms with van der Waals surface area (Å²) in [6, 6.07) is 8.33. The van der Waals surface area contributed by atoms with Gasteiger partial charge in [-0.1, -0.05) is 69.6 Å². The summed E-state index contributed by atoms with van der Waals surface area (Å²) in [5.41, 5.74) is 2.33. The van der Waals surface area contributed by atoms with Gasteiger partial charge in [0, 0.05) is 24.7 Å². The van der Waals surface area contributed by atoms with E-state index in [9.17, 15) is 13.2 Å². The topological polar surface area (TPSA) is 85.2 Å². The molecule has 2 aromatic rings. The Hall–Kier alpha value is -1.87. The smallest absolute Gasteiger partial charge is 0.233 e. The lowest BCUT2D eigenvalue weighted by Crippen LogP contribution is -2.47. The number of thioether (sulfide) groups is 1. The molecule has 0 radical (unpaired) electrons. The predicted molar refractivity (Wildman–Crippen MR) is 132 cm³/mol. The average Bonchev–Trinajstić information content (AvgIpc) is 3.48. The number of hydrogen-bond acceptors (Lipinski definition) is 6. The molecule has 33 heavy (non-hydrogen) atoms. The van der Waals surface area contributed by atoms with E-state index in [-0.39, 0.29) is 40.7 Å². The van der Waals surface area contributed by atoms with Gasteiger partial charge in [0.05, 0.1) is 17.3 Å². The highest BCUT2D eigenvalue weighted by molar-refractivity contribution is 7.99. The molecule has 1 aromatic heterocycles. The molecule has 1 saturated carbocycles. The molecule has 7 nitrogen and oxygen atoms in total. The Labute approximate surface area is 201 Å². The maximum Gasteiger partial charge on any atom is 0.233 e. The summed E-state index contributed by atoms with van der Waals surface area (Å²) in [7, 11) is -1.13. The van der Waals surface area contributed by atoms with Crippen molar-refractivity contribution in [2.45, 2.75) is 75.5 Å². The highest BCUT2D eigenvalue weighted by Crippen LogP contribution is 2.31. The number of amides is 1. The van der Waals surface area contributed by atoms with Crippen LogP contribution in [-0.2, 0) is 27.1 Å². The lowest BCUT2D eigenvalue weighted by Gasteiger charge is -2.34. The van der Waals surface area contributed by atoms with Crippen molar-refractivity contribution in [2.24, 2.45) is 7.05 Å². The van der Waals surface area contributed by atoms with Crippen LogP contribution in [0.1, 0.15) is 58.4 Å². The van der Waals surface area contributed by atoms with Gasteiger partial charge in [0.25, 0.3) is 0 Å². The van der Waals surface area contributed by atoms with Crippen LogP contribution < -0.4 is 0 Å². The summed E-state index contributed by atoms with van der Waals surface area (Å²) >= 11 is 1.37. The summed E-state index contributed by atoms with van der Waals surface area (Å²) in [5, 5.41) is 9.37. The van der Waals surface area contributed by atoms with Crippen molar-refractivity contribution < 1.29 is 13.2 Å². The Bertz CT molecular complexity index is 1100. The number of hydrogen-bond donors (Lipinski definition) is 0. The van der Waals surface area contributed by atoms with Gasteiger partial charge in [0.1, 0.15) is 0 Å². The Morgan fingerprint density at radius 2 is 1.76 bits per heavy atom. The first kappa shape index (κ1) is 24.3. The van der Waals surface area contributed by atoms with E-state index in [1.54, 1.807) is 0 Å². The van der Waals surface area contributed by atoms with Crippen LogP contribution in [-0.4, -0.2) is 63.3 Å². The molecule has 9 heteroatoms. The summed E-state index contributed by atoms with van der Waals surface area (Å²) in [4.78, 5) is 15.2. The number of aromatic nitrogens is 3. The van der Waals surface area contributed by atoms with Crippen molar-refractivity contribution >= 4 is 27.5 Å². The number of sulfone groups is 1. The minimum absolute atomic E-state index is 0.00748. The Balaban J connectivity index is 1.46. The molecule has 4 rings (SSSR count). The van der Waals surface area contributed by atoms with Crippen LogP contribution in [0, 0.1) is 0 Å². The van der Waals surface area contributed by atoms with Crippen LogP contribution in [0.25, 0.3) is 11.4 Å². The molecule has 0 N–H and O–H groups in total. The van der Waals surface area contributed by atoms with E-state index in [0.29, 0.717) is 11.6 Å². The fourth-order valence-corrected chi connectivity index (χ4v) is 7.39. The predicted octanol–water partition coefficient (Wildman–Crippen LogP) is 3.83. The first-order chi connectivity index (χ1) is 15.5. The molecule has 1 aliphatic carbocycles. The number of nitrogens with zero attached hydrogens (tertiary/aromatic N) is 4. The third-order valence-electron chi connectivity index (χ3n) is 6.78. The van der Waals surface area contributed by atoms with Crippen LogP contribution >= 0.6 is 11.8 Å². The lowest BCUT2D eigenvalue weighted by atomic mass is 9.87. The monoisotopic (exact) mass is 490 g/mol.